The first-order valence-corrected chi connectivity index (χ1v) is 5.92. The molecule has 3 heteroatoms. The van der Waals surface area contributed by atoms with Gasteiger partial charge in [-0.25, -0.2) is 0 Å². The number of carbonyl (C=O) groups excluding carboxylic acids is 1. The first-order valence-electron chi connectivity index (χ1n) is 5.92. The Hall–Kier alpha value is -0.570. The number of hydrogen-bond donors (Lipinski definition) is 2. The molecule has 0 aliphatic heterocycles. The third-order valence-corrected chi connectivity index (χ3v) is 3.48. The molecule has 0 atom stereocenters. The van der Waals surface area contributed by atoms with E-state index < -0.39 is 5.54 Å². The molecule has 1 saturated carbocycles. The van der Waals surface area contributed by atoms with E-state index in [2.05, 4.69) is 33.0 Å². The van der Waals surface area contributed by atoms with Crippen LogP contribution in [-0.2, 0) is 4.79 Å². The molecular formula is C12H24N2O. The molecule has 1 aliphatic carbocycles. The van der Waals surface area contributed by atoms with Gasteiger partial charge in [-0.2, -0.15) is 0 Å². The van der Waals surface area contributed by atoms with Crippen LogP contribution in [0.2, 0.25) is 0 Å². The number of nitrogens with one attached hydrogen (secondary N) is 1. The van der Waals surface area contributed by atoms with E-state index >= 15 is 0 Å². The van der Waals surface area contributed by atoms with Crippen molar-refractivity contribution in [1.29, 1.82) is 0 Å². The summed E-state index contributed by atoms with van der Waals surface area (Å²) >= 11 is 0. The van der Waals surface area contributed by atoms with Gasteiger partial charge in [0.25, 0.3) is 0 Å². The summed E-state index contributed by atoms with van der Waals surface area (Å²) in [5.74, 6) is 1.68. The van der Waals surface area contributed by atoms with Crippen LogP contribution < -0.4 is 11.1 Å². The molecule has 1 amide bonds. The van der Waals surface area contributed by atoms with Gasteiger partial charge in [-0.05, 0) is 37.1 Å². The van der Waals surface area contributed by atoms with Crippen LogP contribution in [0.4, 0.5) is 0 Å². The maximum absolute atomic E-state index is 11.4. The number of primary amides is 1. The topological polar surface area (TPSA) is 55.1 Å². The summed E-state index contributed by atoms with van der Waals surface area (Å²) in [5, 5.41) is 3.34. The molecule has 0 spiro atoms. The minimum absolute atomic E-state index is 0.181. The lowest BCUT2D eigenvalue weighted by Gasteiger charge is -2.48. The second-order valence-corrected chi connectivity index (χ2v) is 5.63. The first kappa shape index (κ1) is 12.5. The minimum Gasteiger partial charge on any atom is -0.368 e. The Morgan fingerprint density at radius 2 is 1.93 bits per heavy atom. The fraction of sp³-hybridized carbons (Fsp3) is 0.917. The van der Waals surface area contributed by atoms with E-state index in [0.717, 1.165) is 19.4 Å². The number of nitrogens with two attached hydrogens (primary N) is 1. The van der Waals surface area contributed by atoms with Crippen LogP contribution in [0.25, 0.3) is 0 Å². The van der Waals surface area contributed by atoms with Gasteiger partial charge in [0.2, 0.25) is 5.91 Å². The Balaban J connectivity index is 2.50. The van der Waals surface area contributed by atoms with Crippen LogP contribution in [0, 0.1) is 17.8 Å². The largest absolute Gasteiger partial charge is 0.368 e. The van der Waals surface area contributed by atoms with Gasteiger partial charge in [-0.1, -0.05) is 27.7 Å². The Kier molecular flexibility index (Phi) is 3.77. The molecule has 3 N–H and O–H groups in total. The molecule has 1 aliphatic rings. The van der Waals surface area contributed by atoms with Gasteiger partial charge in [0, 0.05) is 0 Å². The predicted molar refractivity (Wildman–Crippen MR) is 62.3 cm³/mol. The average Bonchev–Trinajstić information content (AvgIpc) is 1.99. The molecule has 0 saturated heterocycles. The zero-order valence-corrected chi connectivity index (χ0v) is 10.3. The summed E-state index contributed by atoms with van der Waals surface area (Å²) in [6.45, 7) is 9.56. The maximum atomic E-state index is 11.4. The molecule has 88 valence electrons. The summed E-state index contributed by atoms with van der Waals surface area (Å²) in [5.41, 5.74) is 5.08. The predicted octanol–water partition coefficient (Wildman–Crippen LogP) is 1.52. The lowest BCUT2D eigenvalue weighted by atomic mass is 9.63. The molecule has 0 radical (unpaired) electrons. The third kappa shape index (κ3) is 2.71. The van der Waals surface area contributed by atoms with Gasteiger partial charge >= 0.3 is 0 Å². The van der Waals surface area contributed by atoms with Crippen molar-refractivity contribution in [2.24, 2.45) is 23.5 Å². The summed E-state index contributed by atoms with van der Waals surface area (Å²) in [7, 11) is 0. The molecule has 0 unspecified atom stereocenters. The van der Waals surface area contributed by atoms with E-state index in [4.69, 9.17) is 5.73 Å². The zero-order valence-electron chi connectivity index (χ0n) is 10.3. The number of hydrogen-bond acceptors (Lipinski definition) is 2. The average molecular weight is 212 g/mol. The monoisotopic (exact) mass is 212 g/mol. The van der Waals surface area contributed by atoms with Crippen molar-refractivity contribution in [3.05, 3.63) is 0 Å². The standard InChI is InChI=1S/C12H24N2O/c1-8(2)7-14-12(11(13)15)5-10(6-12)9(3)4/h8-10,14H,5-7H2,1-4H3,(H2,13,15). The zero-order chi connectivity index (χ0) is 11.6. The second kappa shape index (κ2) is 4.52. The molecule has 0 aromatic rings. The molecule has 0 aromatic heterocycles. The molecule has 15 heavy (non-hydrogen) atoms. The minimum atomic E-state index is -0.404. The van der Waals surface area contributed by atoms with Crippen molar-refractivity contribution in [3.63, 3.8) is 0 Å². The quantitative estimate of drug-likeness (QED) is 0.726. The van der Waals surface area contributed by atoms with E-state index in [0.29, 0.717) is 17.8 Å². The van der Waals surface area contributed by atoms with Crippen molar-refractivity contribution in [1.82, 2.24) is 5.32 Å². The van der Waals surface area contributed by atoms with Gasteiger partial charge in [-0.15, -0.1) is 0 Å². The maximum Gasteiger partial charge on any atom is 0.237 e. The smallest absolute Gasteiger partial charge is 0.237 e. The van der Waals surface area contributed by atoms with E-state index in [1.165, 1.54) is 0 Å². The van der Waals surface area contributed by atoms with Crippen molar-refractivity contribution < 1.29 is 4.79 Å². The SMILES string of the molecule is CC(C)CNC1(C(N)=O)CC(C(C)C)C1. The van der Waals surface area contributed by atoms with Crippen LogP contribution in [0.5, 0.6) is 0 Å². The lowest BCUT2D eigenvalue weighted by molar-refractivity contribution is -0.131. The van der Waals surface area contributed by atoms with Crippen LogP contribution in [0.1, 0.15) is 40.5 Å². The summed E-state index contributed by atoms with van der Waals surface area (Å²) in [6, 6.07) is 0. The van der Waals surface area contributed by atoms with Gasteiger partial charge in [0.1, 0.15) is 0 Å². The Morgan fingerprint density at radius 3 is 2.27 bits per heavy atom. The second-order valence-electron chi connectivity index (χ2n) is 5.63. The summed E-state index contributed by atoms with van der Waals surface area (Å²) in [4.78, 5) is 11.4. The van der Waals surface area contributed by atoms with Crippen molar-refractivity contribution in [3.8, 4) is 0 Å². The molecule has 1 rings (SSSR count). The van der Waals surface area contributed by atoms with Gasteiger partial charge in [-0.3, -0.25) is 4.79 Å². The highest BCUT2D eigenvalue weighted by atomic mass is 16.1. The highest BCUT2D eigenvalue weighted by molar-refractivity contribution is 5.85. The van der Waals surface area contributed by atoms with Gasteiger partial charge in [0.05, 0.1) is 5.54 Å². The lowest BCUT2D eigenvalue weighted by Crippen LogP contribution is -2.64. The molecule has 1 fully saturated rings. The fourth-order valence-corrected chi connectivity index (χ4v) is 2.14. The van der Waals surface area contributed by atoms with Crippen molar-refractivity contribution in [2.75, 3.05) is 6.54 Å². The van der Waals surface area contributed by atoms with Crippen LogP contribution >= 0.6 is 0 Å². The van der Waals surface area contributed by atoms with Gasteiger partial charge < -0.3 is 11.1 Å². The Bertz CT molecular complexity index is 224. The highest BCUT2D eigenvalue weighted by Gasteiger charge is 2.49. The Labute approximate surface area is 92.8 Å². The van der Waals surface area contributed by atoms with Crippen molar-refractivity contribution >= 4 is 5.91 Å². The van der Waals surface area contributed by atoms with E-state index in [-0.39, 0.29) is 5.91 Å². The van der Waals surface area contributed by atoms with E-state index in [9.17, 15) is 4.79 Å². The first-order chi connectivity index (χ1) is 6.87. The van der Waals surface area contributed by atoms with E-state index in [1.807, 2.05) is 0 Å². The third-order valence-electron chi connectivity index (χ3n) is 3.48. The fourth-order valence-electron chi connectivity index (χ4n) is 2.14. The van der Waals surface area contributed by atoms with Crippen LogP contribution in [-0.4, -0.2) is 18.0 Å². The van der Waals surface area contributed by atoms with E-state index in [1.54, 1.807) is 0 Å². The Morgan fingerprint density at radius 1 is 1.40 bits per heavy atom. The number of rotatable bonds is 5. The van der Waals surface area contributed by atoms with Crippen LogP contribution in [0.15, 0.2) is 0 Å². The summed E-state index contributed by atoms with van der Waals surface area (Å²) in [6.07, 6.45) is 1.82. The summed E-state index contributed by atoms with van der Waals surface area (Å²) < 4.78 is 0. The molecule has 0 bridgehead atoms. The van der Waals surface area contributed by atoms with Crippen LogP contribution in [0.3, 0.4) is 0 Å². The van der Waals surface area contributed by atoms with Gasteiger partial charge in [0.15, 0.2) is 0 Å². The highest BCUT2D eigenvalue weighted by Crippen LogP contribution is 2.42. The normalized spacial score (nSPS) is 30.7. The molecule has 0 aromatic carbocycles. The number of amides is 1. The molecule has 3 nitrogen and oxygen atoms in total. The number of carbonyl (C=O) groups is 1. The molecular weight excluding hydrogens is 188 g/mol. The molecule has 0 heterocycles. The van der Waals surface area contributed by atoms with Crippen molar-refractivity contribution in [2.45, 2.75) is 46.1 Å².